The summed E-state index contributed by atoms with van der Waals surface area (Å²) in [5, 5.41) is 0.934. The molecule has 2 aromatic rings. The Labute approximate surface area is 144 Å². The Bertz CT molecular complexity index is 816. The van der Waals surface area contributed by atoms with Gasteiger partial charge in [-0.3, -0.25) is 9.59 Å². The van der Waals surface area contributed by atoms with Gasteiger partial charge in [0.1, 0.15) is 11.8 Å². The molecule has 0 spiro atoms. The first kappa shape index (κ1) is 15.4. The molecule has 4 rings (SSSR count). The second kappa shape index (κ2) is 5.77. The van der Waals surface area contributed by atoms with Crippen molar-refractivity contribution in [3.05, 3.63) is 29.1 Å². The van der Waals surface area contributed by atoms with Crippen molar-refractivity contribution in [2.75, 3.05) is 13.7 Å². The number of ether oxygens (including phenoxy) is 1. The Balaban J connectivity index is 1.69. The smallest absolute Gasteiger partial charge is 0.264 e. The Morgan fingerprint density at radius 1 is 1.33 bits per heavy atom. The van der Waals surface area contributed by atoms with Crippen molar-refractivity contribution in [1.29, 1.82) is 0 Å². The van der Waals surface area contributed by atoms with Gasteiger partial charge in [-0.2, -0.15) is 0 Å². The molecule has 5 nitrogen and oxygen atoms in total. The number of rotatable bonds is 3. The van der Waals surface area contributed by atoms with Gasteiger partial charge in [0.05, 0.1) is 12.0 Å². The van der Waals surface area contributed by atoms with E-state index in [0.29, 0.717) is 17.3 Å². The van der Waals surface area contributed by atoms with Crippen LogP contribution in [0.2, 0.25) is 0 Å². The van der Waals surface area contributed by atoms with Crippen LogP contribution in [0.5, 0.6) is 5.75 Å². The van der Waals surface area contributed by atoms with E-state index in [2.05, 4.69) is 0 Å². The molecule has 24 heavy (non-hydrogen) atoms. The average Bonchev–Trinajstić information content (AvgIpc) is 3.25. The summed E-state index contributed by atoms with van der Waals surface area (Å²) in [5.41, 5.74) is 5.63. The Morgan fingerprint density at radius 2 is 2.17 bits per heavy atom. The lowest BCUT2D eigenvalue weighted by Gasteiger charge is -2.24. The summed E-state index contributed by atoms with van der Waals surface area (Å²) in [6.45, 7) is 0.641. The number of methoxy groups -OCH3 is 1. The van der Waals surface area contributed by atoms with Gasteiger partial charge in [0.25, 0.3) is 5.91 Å². The van der Waals surface area contributed by atoms with Crippen LogP contribution in [0.3, 0.4) is 0 Å². The quantitative estimate of drug-likeness (QED) is 0.930. The maximum atomic E-state index is 13.0. The van der Waals surface area contributed by atoms with E-state index in [9.17, 15) is 9.59 Å². The highest BCUT2D eigenvalue weighted by molar-refractivity contribution is 7.20. The minimum absolute atomic E-state index is 0.0866. The Kier molecular flexibility index (Phi) is 3.72. The molecule has 2 amide bonds. The first-order valence-corrected chi connectivity index (χ1v) is 9.08. The predicted octanol–water partition coefficient (Wildman–Crippen LogP) is 2.64. The number of fused-ring (bicyclic) bond motifs is 2. The van der Waals surface area contributed by atoms with Crippen molar-refractivity contribution in [2.45, 2.75) is 25.3 Å². The van der Waals surface area contributed by atoms with Crippen molar-refractivity contribution in [3.63, 3.8) is 0 Å². The topological polar surface area (TPSA) is 72.6 Å². The summed E-state index contributed by atoms with van der Waals surface area (Å²) in [4.78, 5) is 27.4. The number of likely N-dealkylation sites (tertiary alicyclic amines) is 1. The van der Waals surface area contributed by atoms with Gasteiger partial charge in [0.2, 0.25) is 5.91 Å². The molecule has 1 saturated heterocycles. The molecule has 2 N–H and O–H groups in total. The summed E-state index contributed by atoms with van der Waals surface area (Å²) in [5.74, 6) is 0.936. The van der Waals surface area contributed by atoms with Crippen LogP contribution >= 0.6 is 11.3 Å². The average molecular weight is 344 g/mol. The van der Waals surface area contributed by atoms with E-state index >= 15 is 0 Å². The normalized spacial score (nSPS) is 25.9. The number of carbonyl (C=O) groups excluding carboxylic acids is 2. The van der Waals surface area contributed by atoms with Crippen molar-refractivity contribution < 1.29 is 14.3 Å². The number of nitrogens with two attached hydrogens (primary N) is 1. The van der Waals surface area contributed by atoms with Gasteiger partial charge in [-0.25, -0.2) is 0 Å². The van der Waals surface area contributed by atoms with E-state index in [1.165, 1.54) is 11.3 Å². The van der Waals surface area contributed by atoms with Crippen LogP contribution in [-0.2, 0) is 4.79 Å². The molecule has 1 aliphatic carbocycles. The predicted molar refractivity (Wildman–Crippen MR) is 93.2 cm³/mol. The molecule has 3 unspecified atom stereocenters. The number of thiophene rings is 1. The minimum Gasteiger partial charge on any atom is -0.496 e. The lowest BCUT2D eigenvalue weighted by Crippen LogP contribution is -2.46. The molecule has 0 bridgehead atoms. The van der Waals surface area contributed by atoms with Crippen molar-refractivity contribution in [2.24, 2.45) is 17.6 Å². The van der Waals surface area contributed by atoms with Crippen LogP contribution in [0.1, 0.15) is 28.9 Å². The molecule has 2 heterocycles. The fraction of sp³-hybridized carbons (Fsp3) is 0.444. The molecule has 2 fully saturated rings. The number of hydrogen-bond donors (Lipinski definition) is 1. The second-order valence-electron chi connectivity index (χ2n) is 6.64. The van der Waals surface area contributed by atoms with Gasteiger partial charge in [0, 0.05) is 16.6 Å². The summed E-state index contributed by atoms with van der Waals surface area (Å²) < 4.78 is 6.38. The minimum atomic E-state index is -0.461. The van der Waals surface area contributed by atoms with Crippen LogP contribution in [0.4, 0.5) is 0 Å². The summed E-state index contributed by atoms with van der Waals surface area (Å²) >= 11 is 1.44. The number of primary amides is 1. The van der Waals surface area contributed by atoms with Gasteiger partial charge in [0.15, 0.2) is 0 Å². The van der Waals surface area contributed by atoms with E-state index in [1.807, 2.05) is 24.3 Å². The van der Waals surface area contributed by atoms with E-state index in [-0.39, 0.29) is 17.7 Å². The zero-order valence-corrected chi connectivity index (χ0v) is 14.3. The fourth-order valence-corrected chi connectivity index (χ4v) is 5.37. The van der Waals surface area contributed by atoms with Crippen molar-refractivity contribution in [1.82, 2.24) is 4.90 Å². The van der Waals surface area contributed by atoms with E-state index in [0.717, 1.165) is 35.1 Å². The third-order valence-electron chi connectivity index (χ3n) is 5.39. The molecular formula is C18H20N2O3S. The summed E-state index contributed by atoms with van der Waals surface area (Å²) in [6, 6.07) is 7.18. The number of benzene rings is 1. The molecule has 0 radical (unpaired) electrons. The maximum Gasteiger partial charge on any atom is 0.264 e. The highest BCUT2D eigenvalue weighted by Gasteiger charge is 2.48. The molecule has 126 valence electrons. The number of nitrogens with zero attached hydrogens (tertiary/aromatic N) is 1. The van der Waals surface area contributed by atoms with Gasteiger partial charge in [-0.15, -0.1) is 11.3 Å². The van der Waals surface area contributed by atoms with Gasteiger partial charge in [-0.05, 0) is 42.9 Å². The zero-order valence-electron chi connectivity index (χ0n) is 13.5. The molecule has 1 aromatic heterocycles. The largest absolute Gasteiger partial charge is 0.496 e. The van der Waals surface area contributed by atoms with E-state index in [4.69, 9.17) is 10.5 Å². The first-order chi connectivity index (χ1) is 11.6. The van der Waals surface area contributed by atoms with Crippen molar-refractivity contribution >= 4 is 33.2 Å². The van der Waals surface area contributed by atoms with Crippen LogP contribution in [0.25, 0.3) is 10.1 Å². The number of carbonyl (C=O) groups is 2. The number of hydrogen-bond acceptors (Lipinski definition) is 4. The fourth-order valence-electron chi connectivity index (χ4n) is 4.34. The molecule has 1 aliphatic heterocycles. The highest BCUT2D eigenvalue weighted by Crippen LogP contribution is 2.43. The molecule has 2 aliphatic rings. The summed E-state index contributed by atoms with van der Waals surface area (Å²) in [6.07, 6.45) is 3.20. The maximum absolute atomic E-state index is 13.0. The van der Waals surface area contributed by atoms with Crippen LogP contribution < -0.4 is 10.5 Å². The molecule has 6 heteroatoms. The lowest BCUT2D eigenvalue weighted by molar-refractivity contribution is -0.122. The van der Waals surface area contributed by atoms with Gasteiger partial charge >= 0.3 is 0 Å². The third-order valence-corrected chi connectivity index (χ3v) is 6.48. The van der Waals surface area contributed by atoms with E-state index < -0.39 is 6.04 Å². The summed E-state index contributed by atoms with van der Waals surface area (Å²) in [7, 11) is 1.62. The molecule has 1 aromatic carbocycles. The van der Waals surface area contributed by atoms with Gasteiger partial charge < -0.3 is 15.4 Å². The molecular weight excluding hydrogens is 324 g/mol. The van der Waals surface area contributed by atoms with Crippen LogP contribution in [0, 0.1) is 11.8 Å². The zero-order chi connectivity index (χ0) is 16.8. The molecule has 1 saturated carbocycles. The first-order valence-electron chi connectivity index (χ1n) is 8.27. The second-order valence-corrected chi connectivity index (χ2v) is 7.73. The highest BCUT2D eigenvalue weighted by atomic mass is 32.1. The SMILES string of the molecule is COc1cccc2sc(C(=O)N3CC4CCCC4C3C(N)=O)cc12. The van der Waals surface area contributed by atoms with Crippen molar-refractivity contribution in [3.8, 4) is 5.75 Å². The molecule has 3 atom stereocenters. The van der Waals surface area contributed by atoms with Crippen LogP contribution in [-0.4, -0.2) is 36.4 Å². The number of amides is 2. The van der Waals surface area contributed by atoms with E-state index in [1.54, 1.807) is 12.0 Å². The lowest BCUT2D eigenvalue weighted by atomic mass is 9.94. The Hall–Kier alpha value is -2.08. The third kappa shape index (κ3) is 2.28. The monoisotopic (exact) mass is 344 g/mol. The van der Waals surface area contributed by atoms with Gasteiger partial charge in [-0.1, -0.05) is 12.5 Å². The standard InChI is InChI=1S/C18H20N2O3S/c1-23-13-6-3-7-14-12(13)8-15(24-14)18(22)20-9-10-4-2-5-11(10)16(20)17(19)21/h3,6-8,10-11,16H,2,4-5,9H2,1H3,(H2,19,21). The van der Waals surface area contributed by atoms with Crippen LogP contribution in [0.15, 0.2) is 24.3 Å². The Morgan fingerprint density at radius 3 is 2.92 bits per heavy atom.